The van der Waals surface area contributed by atoms with E-state index in [9.17, 15) is 14.7 Å². The molecule has 0 radical (unpaired) electrons. The Morgan fingerprint density at radius 1 is 1.00 bits per heavy atom. The van der Waals surface area contributed by atoms with Gasteiger partial charge < -0.3 is 15.8 Å². The molecule has 0 saturated heterocycles. The fourth-order valence-corrected chi connectivity index (χ4v) is 3.62. The van der Waals surface area contributed by atoms with Crippen molar-refractivity contribution >= 4 is 23.1 Å². The van der Waals surface area contributed by atoms with E-state index in [4.69, 9.17) is 0 Å². The zero-order valence-electron chi connectivity index (χ0n) is 16.6. The average Bonchev–Trinajstić information content (AvgIpc) is 3.03. The first kappa shape index (κ1) is 19.3. The topological polar surface area (TPSA) is 90.5 Å². The van der Waals surface area contributed by atoms with E-state index in [1.807, 2.05) is 32.0 Å². The molecule has 6 heteroatoms. The molecule has 0 atom stereocenters. The second-order valence-corrected chi connectivity index (χ2v) is 7.26. The summed E-state index contributed by atoms with van der Waals surface area (Å²) in [5.74, 6) is -0.541. The average molecular weight is 399 g/mol. The van der Waals surface area contributed by atoms with Crippen LogP contribution >= 0.6 is 0 Å². The number of fused-ring (bicyclic) bond motifs is 1. The monoisotopic (exact) mass is 399 g/mol. The maximum Gasteiger partial charge on any atom is 0.269 e. The van der Waals surface area contributed by atoms with Crippen molar-refractivity contribution in [3.8, 4) is 16.9 Å². The molecule has 1 aliphatic rings. The second-order valence-electron chi connectivity index (χ2n) is 7.26. The fourth-order valence-electron chi connectivity index (χ4n) is 3.62. The Morgan fingerprint density at radius 2 is 1.70 bits per heavy atom. The summed E-state index contributed by atoms with van der Waals surface area (Å²) in [6.45, 7) is 4.08. The Balaban J connectivity index is 1.63. The van der Waals surface area contributed by atoms with Crippen LogP contribution in [0, 0.1) is 13.8 Å². The van der Waals surface area contributed by atoms with Gasteiger partial charge in [0.05, 0.1) is 5.57 Å². The van der Waals surface area contributed by atoms with Gasteiger partial charge in [-0.2, -0.15) is 0 Å². The molecule has 0 fully saturated rings. The minimum atomic E-state index is -0.381. The first-order chi connectivity index (χ1) is 14.4. The number of hydrogen-bond acceptors (Lipinski definition) is 4. The van der Waals surface area contributed by atoms with Crippen molar-refractivity contribution in [2.24, 2.45) is 0 Å². The summed E-state index contributed by atoms with van der Waals surface area (Å²) in [5.41, 5.74) is 11.9. The number of hydrazine groups is 1. The molecule has 30 heavy (non-hydrogen) atoms. The third-order valence-corrected chi connectivity index (χ3v) is 4.89. The largest absolute Gasteiger partial charge is 0.508 e. The normalized spacial score (nSPS) is 13.7. The highest BCUT2D eigenvalue weighted by Gasteiger charge is 2.27. The molecule has 1 heterocycles. The molecule has 0 unspecified atom stereocenters. The number of phenolic OH excluding ortho intramolecular Hbond substituents is 1. The summed E-state index contributed by atoms with van der Waals surface area (Å²) in [6, 6.07) is 17.9. The lowest BCUT2D eigenvalue weighted by Gasteiger charge is -2.11. The highest BCUT2D eigenvalue weighted by Crippen LogP contribution is 2.39. The van der Waals surface area contributed by atoms with E-state index >= 15 is 0 Å². The molecule has 1 aliphatic heterocycles. The summed E-state index contributed by atoms with van der Waals surface area (Å²) < 4.78 is 0. The van der Waals surface area contributed by atoms with Crippen molar-refractivity contribution in [3.63, 3.8) is 0 Å². The molecule has 0 aromatic heterocycles. The van der Waals surface area contributed by atoms with Gasteiger partial charge >= 0.3 is 0 Å². The van der Waals surface area contributed by atoms with Crippen LogP contribution in [0.3, 0.4) is 0 Å². The fraction of sp³-hybridized carbons (Fsp3) is 0.0833. The molecule has 150 valence electrons. The van der Waals surface area contributed by atoms with Crippen molar-refractivity contribution in [2.75, 3.05) is 5.32 Å². The van der Waals surface area contributed by atoms with Crippen LogP contribution in [0.1, 0.15) is 27.0 Å². The van der Waals surface area contributed by atoms with Crippen molar-refractivity contribution in [1.29, 1.82) is 0 Å². The zero-order valence-corrected chi connectivity index (χ0v) is 16.6. The van der Waals surface area contributed by atoms with Crippen LogP contribution in [-0.4, -0.2) is 16.9 Å². The Labute approximate surface area is 174 Å². The molecule has 4 rings (SSSR count). The number of carbonyl (C=O) groups is 2. The number of amides is 2. The third-order valence-electron chi connectivity index (χ3n) is 4.89. The van der Waals surface area contributed by atoms with Gasteiger partial charge in [-0.25, -0.2) is 0 Å². The molecule has 3 aromatic carbocycles. The van der Waals surface area contributed by atoms with Gasteiger partial charge in [0.1, 0.15) is 5.75 Å². The van der Waals surface area contributed by atoms with Crippen LogP contribution < -0.4 is 16.2 Å². The Hall–Kier alpha value is -4.06. The zero-order chi connectivity index (χ0) is 21.3. The number of aromatic hydroxyl groups is 1. The first-order valence-corrected chi connectivity index (χ1v) is 9.51. The molecular formula is C24H21N3O3. The van der Waals surface area contributed by atoms with Gasteiger partial charge in [-0.05, 0) is 55.3 Å². The minimum absolute atomic E-state index is 0.0831. The highest BCUT2D eigenvalue weighted by atomic mass is 16.3. The predicted molar refractivity (Wildman–Crippen MR) is 117 cm³/mol. The Bertz CT molecular complexity index is 1160. The lowest BCUT2D eigenvalue weighted by atomic mass is 9.93. The Morgan fingerprint density at radius 3 is 2.40 bits per heavy atom. The molecule has 3 aromatic rings. The molecule has 0 aliphatic carbocycles. The molecular weight excluding hydrogens is 378 g/mol. The first-order valence-electron chi connectivity index (χ1n) is 9.51. The SMILES string of the molecule is Cc1cc(C)cc(-c2cccc3c2C(=CNNC(=O)c2ccc(O)cc2)C(=O)N3)c1. The van der Waals surface area contributed by atoms with Gasteiger partial charge in [0.25, 0.3) is 11.8 Å². The van der Waals surface area contributed by atoms with Crippen molar-refractivity contribution < 1.29 is 14.7 Å². The molecule has 0 bridgehead atoms. The van der Waals surface area contributed by atoms with Crippen molar-refractivity contribution in [3.05, 3.63) is 89.1 Å². The standard InChI is InChI=1S/C24H21N3O3/c1-14-10-15(2)12-17(11-14)19-4-3-5-21-22(19)20(24(30)26-21)13-25-27-23(29)16-6-8-18(28)9-7-16/h3-13,25,28H,1-2H3,(H,26,30)(H,27,29). The van der Waals surface area contributed by atoms with E-state index in [1.54, 1.807) is 0 Å². The molecule has 0 saturated carbocycles. The summed E-state index contributed by atoms with van der Waals surface area (Å²) in [5, 5.41) is 12.2. The second kappa shape index (κ2) is 7.75. The van der Waals surface area contributed by atoms with E-state index < -0.39 is 0 Å². The van der Waals surface area contributed by atoms with E-state index in [1.165, 1.54) is 30.5 Å². The lowest BCUT2D eigenvalue weighted by Crippen LogP contribution is -2.34. The smallest absolute Gasteiger partial charge is 0.269 e. The van der Waals surface area contributed by atoms with E-state index in [2.05, 4.69) is 34.4 Å². The van der Waals surface area contributed by atoms with E-state index in [0.717, 1.165) is 33.5 Å². The molecule has 0 spiro atoms. The highest BCUT2D eigenvalue weighted by molar-refractivity contribution is 6.33. The predicted octanol–water partition coefficient (Wildman–Crippen LogP) is 3.90. The number of anilines is 1. The van der Waals surface area contributed by atoms with Crippen LogP contribution in [0.2, 0.25) is 0 Å². The maximum absolute atomic E-state index is 12.6. The van der Waals surface area contributed by atoms with Crippen molar-refractivity contribution in [1.82, 2.24) is 10.9 Å². The number of benzene rings is 3. The van der Waals surface area contributed by atoms with Gasteiger partial charge in [-0.3, -0.25) is 15.0 Å². The lowest BCUT2D eigenvalue weighted by molar-refractivity contribution is -0.110. The van der Waals surface area contributed by atoms with Gasteiger partial charge in [0, 0.05) is 23.0 Å². The van der Waals surface area contributed by atoms with Crippen LogP contribution in [0.15, 0.2) is 66.9 Å². The molecule has 2 amide bonds. The maximum atomic E-state index is 12.6. The van der Waals surface area contributed by atoms with Crippen LogP contribution in [-0.2, 0) is 4.79 Å². The number of carbonyl (C=O) groups excluding carboxylic acids is 2. The van der Waals surface area contributed by atoms with E-state index in [0.29, 0.717) is 11.1 Å². The number of aryl methyl sites for hydroxylation is 2. The third kappa shape index (κ3) is 3.75. The number of phenols is 1. The van der Waals surface area contributed by atoms with Gasteiger partial charge in [-0.15, -0.1) is 0 Å². The summed E-state index contributed by atoms with van der Waals surface area (Å²) >= 11 is 0. The van der Waals surface area contributed by atoms with Gasteiger partial charge in [0.2, 0.25) is 0 Å². The van der Waals surface area contributed by atoms with Crippen molar-refractivity contribution in [2.45, 2.75) is 13.8 Å². The van der Waals surface area contributed by atoms with Crippen LogP contribution in [0.25, 0.3) is 16.7 Å². The molecule has 4 N–H and O–H groups in total. The van der Waals surface area contributed by atoms with Crippen LogP contribution in [0.4, 0.5) is 5.69 Å². The van der Waals surface area contributed by atoms with Gasteiger partial charge in [0.15, 0.2) is 0 Å². The Kier molecular flexibility index (Phi) is 4.98. The van der Waals surface area contributed by atoms with Gasteiger partial charge in [-0.1, -0.05) is 41.5 Å². The number of rotatable bonds is 4. The molecule has 6 nitrogen and oxygen atoms in total. The number of nitrogens with one attached hydrogen (secondary N) is 3. The minimum Gasteiger partial charge on any atom is -0.508 e. The van der Waals surface area contributed by atoms with Crippen LogP contribution in [0.5, 0.6) is 5.75 Å². The quantitative estimate of drug-likeness (QED) is 0.396. The van der Waals surface area contributed by atoms with E-state index in [-0.39, 0.29) is 17.6 Å². The summed E-state index contributed by atoms with van der Waals surface area (Å²) in [6.07, 6.45) is 1.49. The summed E-state index contributed by atoms with van der Waals surface area (Å²) in [4.78, 5) is 24.8. The number of hydrogen-bond donors (Lipinski definition) is 4. The summed E-state index contributed by atoms with van der Waals surface area (Å²) in [7, 11) is 0.